The van der Waals surface area contributed by atoms with Crippen molar-refractivity contribution in [2.45, 2.75) is 12.8 Å². The Bertz CT molecular complexity index is 904. The Balaban J connectivity index is 1.76. The summed E-state index contributed by atoms with van der Waals surface area (Å²) in [5.74, 6) is 0. The normalized spacial score (nSPS) is 16.3. The fraction of sp³-hybridized carbons (Fsp3) is 0.133. The molecule has 3 rings (SSSR count). The third kappa shape index (κ3) is 3.43. The quantitative estimate of drug-likeness (QED) is 0.824. The van der Waals surface area contributed by atoms with Crippen LogP contribution in [-0.2, 0) is 14.8 Å². The first-order valence-corrected chi connectivity index (χ1v) is 9.14. The molecule has 0 radical (unpaired) electrons. The zero-order valence-electron chi connectivity index (χ0n) is 12.2. The standard InChI is InChI=1S/C15H12Cl2N2O4S/c16-12-3-2-10(7-13(12)17)18-15(20)19-24(21,22)14-4-1-9-8-23-6-5-11(9)14/h2-3,5-8H,1,4H2,(H2,18,19,20). The van der Waals surface area contributed by atoms with Crippen LogP contribution in [-0.4, -0.2) is 14.4 Å². The fourth-order valence-electron chi connectivity index (χ4n) is 2.44. The molecule has 1 aliphatic carbocycles. The van der Waals surface area contributed by atoms with Crippen molar-refractivity contribution in [1.82, 2.24) is 4.72 Å². The number of allylic oxidation sites excluding steroid dienone is 4. The van der Waals surface area contributed by atoms with E-state index in [0.29, 0.717) is 29.1 Å². The van der Waals surface area contributed by atoms with Gasteiger partial charge in [-0.3, -0.25) is 0 Å². The number of amides is 2. The topological polar surface area (TPSA) is 84.5 Å². The number of carbonyl (C=O) groups excluding carboxylic acids is 1. The van der Waals surface area contributed by atoms with Crippen LogP contribution in [0.1, 0.15) is 12.8 Å². The number of anilines is 1. The summed E-state index contributed by atoms with van der Waals surface area (Å²) in [6.45, 7) is 0. The zero-order chi connectivity index (χ0) is 17.3. The van der Waals surface area contributed by atoms with Gasteiger partial charge in [-0.25, -0.2) is 17.9 Å². The number of ether oxygens (including phenoxy) is 1. The number of nitrogens with one attached hydrogen (secondary N) is 2. The largest absolute Gasteiger partial charge is 0.472 e. The summed E-state index contributed by atoms with van der Waals surface area (Å²) >= 11 is 11.6. The molecule has 0 atom stereocenters. The summed E-state index contributed by atoms with van der Waals surface area (Å²) in [7, 11) is -3.96. The second-order valence-corrected chi connectivity index (χ2v) is 7.63. The molecular weight excluding hydrogens is 375 g/mol. The van der Waals surface area contributed by atoms with E-state index >= 15 is 0 Å². The van der Waals surface area contributed by atoms with Crippen LogP contribution in [0.5, 0.6) is 0 Å². The smallest absolute Gasteiger partial charge is 0.333 e. The molecule has 0 aromatic heterocycles. The van der Waals surface area contributed by atoms with Crippen LogP contribution in [0.15, 0.2) is 52.9 Å². The van der Waals surface area contributed by atoms with E-state index in [9.17, 15) is 13.2 Å². The monoisotopic (exact) mass is 386 g/mol. The van der Waals surface area contributed by atoms with E-state index in [2.05, 4.69) is 5.32 Å². The molecule has 6 nitrogen and oxygen atoms in total. The van der Waals surface area contributed by atoms with Crippen molar-refractivity contribution in [2.75, 3.05) is 5.32 Å². The third-order valence-electron chi connectivity index (χ3n) is 3.52. The van der Waals surface area contributed by atoms with Crippen LogP contribution in [0.2, 0.25) is 10.0 Å². The second-order valence-electron chi connectivity index (χ2n) is 5.11. The van der Waals surface area contributed by atoms with Crippen molar-refractivity contribution in [3.05, 3.63) is 62.9 Å². The molecule has 1 aliphatic heterocycles. The minimum absolute atomic E-state index is 0.164. The SMILES string of the molecule is O=C(Nc1ccc(Cl)c(Cl)c1)NS(=O)(=O)C1=C2C=COC=C2CC1. The number of carbonyl (C=O) groups is 1. The maximum Gasteiger partial charge on any atom is 0.333 e. The van der Waals surface area contributed by atoms with Gasteiger partial charge in [0.15, 0.2) is 0 Å². The average molecular weight is 387 g/mol. The molecular formula is C15H12Cl2N2O4S. The van der Waals surface area contributed by atoms with Crippen molar-refractivity contribution in [1.29, 1.82) is 0 Å². The van der Waals surface area contributed by atoms with E-state index in [1.54, 1.807) is 6.08 Å². The van der Waals surface area contributed by atoms with Gasteiger partial charge in [-0.05, 0) is 42.7 Å². The van der Waals surface area contributed by atoms with Gasteiger partial charge in [-0.2, -0.15) is 0 Å². The van der Waals surface area contributed by atoms with E-state index in [0.717, 1.165) is 5.57 Å². The number of rotatable bonds is 3. The molecule has 2 N–H and O–H groups in total. The number of hydrogen-bond donors (Lipinski definition) is 2. The Morgan fingerprint density at radius 3 is 2.71 bits per heavy atom. The van der Waals surface area contributed by atoms with E-state index in [1.807, 2.05) is 4.72 Å². The van der Waals surface area contributed by atoms with Crippen LogP contribution < -0.4 is 10.0 Å². The van der Waals surface area contributed by atoms with E-state index in [-0.39, 0.29) is 9.93 Å². The number of hydrogen-bond acceptors (Lipinski definition) is 4. The van der Waals surface area contributed by atoms with Crippen molar-refractivity contribution >= 4 is 44.9 Å². The Morgan fingerprint density at radius 1 is 1.17 bits per heavy atom. The van der Waals surface area contributed by atoms with Gasteiger partial charge >= 0.3 is 6.03 Å². The summed E-state index contributed by atoms with van der Waals surface area (Å²) in [5.41, 5.74) is 1.69. The van der Waals surface area contributed by atoms with Gasteiger partial charge in [0.05, 0.1) is 27.5 Å². The summed E-state index contributed by atoms with van der Waals surface area (Å²) in [4.78, 5) is 12.1. The second kappa shape index (κ2) is 6.51. The maximum atomic E-state index is 12.4. The molecule has 0 fully saturated rings. The number of fused-ring (bicyclic) bond motifs is 1. The molecule has 1 aromatic rings. The highest BCUT2D eigenvalue weighted by atomic mass is 35.5. The number of urea groups is 1. The van der Waals surface area contributed by atoms with Crippen LogP contribution in [0.25, 0.3) is 0 Å². The molecule has 0 unspecified atom stereocenters. The first-order valence-electron chi connectivity index (χ1n) is 6.90. The van der Waals surface area contributed by atoms with Gasteiger partial charge in [0.25, 0.3) is 10.0 Å². The minimum Gasteiger partial charge on any atom is -0.472 e. The highest BCUT2D eigenvalue weighted by molar-refractivity contribution is 7.94. The average Bonchev–Trinajstić information content (AvgIpc) is 2.95. The molecule has 126 valence electrons. The maximum absolute atomic E-state index is 12.4. The molecule has 0 bridgehead atoms. The van der Waals surface area contributed by atoms with Crippen LogP contribution >= 0.6 is 23.2 Å². The van der Waals surface area contributed by atoms with E-state index < -0.39 is 16.1 Å². The van der Waals surface area contributed by atoms with Crippen molar-refractivity contribution in [3.63, 3.8) is 0 Å². The molecule has 2 aliphatic rings. The van der Waals surface area contributed by atoms with Crippen LogP contribution in [0.3, 0.4) is 0 Å². The lowest BCUT2D eigenvalue weighted by atomic mass is 10.1. The van der Waals surface area contributed by atoms with Crippen molar-refractivity contribution < 1.29 is 17.9 Å². The predicted octanol–water partition coefficient (Wildman–Crippen LogP) is 3.92. The Kier molecular flexibility index (Phi) is 4.58. The minimum atomic E-state index is -3.96. The summed E-state index contributed by atoms with van der Waals surface area (Å²) < 4.78 is 31.9. The highest BCUT2D eigenvalue weighted by Gasteiger charge is 2.30. The molecule has 2 amide bonds. The molecule has 0 saturated carbocycles. The summed E-state index contributed by atoms with van der Waals surface area (Å²) in [6, 6.07) is 3.56. The summed E-state index contributed by atoms with van der Waals surface area (Å²) in [5, 5.41) is 2.99. The van der Waals surface area contributed by atoms with Gasteiger partial charge in [-0.1, -0.05) is 23.2 Å². The Labute approximate surface area is 148 Å². The first kappa shape index (κ1) is 16.9. The van der Waals surface area contributed by atoms with Crippen LogP contribution in [0, 0.1) is 0 Å². The van der Waals surface area contributed by atoms with E-state index in [1.165, 1.54) is 30.7 Å². The fourth-order valence-corrected chi connectivity index (χ4v) is 4.02. The van der Waals surface area contributed by atoms with Gasteiger partial charge in [0, 0.05) is 11.3 Å². The Morgan fingerprint density at radius 2 is 1.96 bits per heavy atom. The van der Waals surface area contributed by atoms with E-state index in [4.69, 9.17) is 27.9 Å². The van der Waals surface area contributed by atoms with Crippen molar-refractivity contribution in [2.24, 2.45) is 0 Å². The predicted molar refractivity (Wildman–Crippen MR) is 92.1 cm³/mol. The molecule has 1 aromatic carbocycles. The number of sulfonamides is 1. The number of benzene rings is 1. The summed E-state index contributed by atoms with van der Waals surface area (Å²) in [6.07, 6.45) is 5.34. The van der Waals surface area contributed by atoms with Gasteiger partial charge in [0.2, 0.25) is 0 Å². The third-order valence-corrected chi connectivity index (χ3v) is 5.79. The molecule has 0 saturated heterocycles. The highest BCUT2D eigenvalue weighted by Crippen LogP contribution is 2.36. The first-order chi connectivity index (χ1) is 11.4. The Hall–Kier alpha value is -1.96. The molecule has 0 spiro atoms. The van der Waals surface area contributed by atoms with Crippen molar-refractivity contribution in [3.8, 4) is 0 Å². The van der Waals surface area contributed by atoms with Gasteiger partial charge < -0.3 is 10.1 Å². The lowest BCUT2D eigenvalue weighted by Crippen LogP contribution is -2.35. The lowest BCUT2D eigenvalue weighted by Gasteiger charge is -2.11. The lowest BCUT2D eigenvalue weighted by molar-refractivity contribution is 0.256. The zero-order valence-corrected chi connectivity index (χ0v) is 14.5. The molecule has 9 heteroatoms. The van der Waals surface area contributed by atoms with Crippen LogP contribution in [0.4, 0.5) is 10.5 Å². The van der Waals surface area contributed by atoms with Gasteiger partial charge in [0.1, 0.15) is 0 Å². The number of halogens is 2. The molecule has 24 heavy (non-hydrogen) atoms. The van der Waals surface area contributed by atoms with Gasteiger partial charge in [-0.15, -0.1) is 0 Å². The molecule has 1 heterocycles.